The Morgan fingerprint density at radius 2 is 2.05 bits per heavy atom. The number of aliphatic hydroxyl groups is 1. The molecule has 0 amide bonds. The van der Waals surface area contributed by atoms with Crippen LogP contribution in [-0.4, -0.2) is 10.1 Å². The average Bonchev–Trinajstić information content (AvgIpc) is 2.46. The first kappa shape index (κ1) is 14.4. The molecule has 0 radical (unpaired) electrons. The summed E-state index contributed by atoms with van der Waals surface area (Å²) < 4.78 is 19.2. The van der Waals surface area contributed by atoms with E-state index in [9.17, 15) is 4.39 Å². The van der Waals surface area contributed by atoms with Gasteiger partial charge in [0.1, 0.15) is 23.2 Å². The summed E-state index contributed by atoms with van der Waals surface area (Å²) in [6.07, 6.45) is 0. The van der Waals surface area contributed by atoms with Crippen molar-refractivity contribution in [1.29, 1.82) is 0 Å². The Morgan fingerprint density at radius 3 is 2.75 bits per heavy atom. The van der Waals surface area contributed by atoms with Crippen LogP contribution in [0.15, 0.2) is 42.5 Å². The molecule has 0 aliphatic carbocycles. The molecule has 3 N–H and O–H groups in total. The summed E-state index contributed by atoms with van der Waals surface area (Å²) in [7, 11) is 0. The van der Waals surface area contributed by atoms with Gasteiger partial charge in [-0.05, 0) is 35.9 Å². The molecule has 3 nitrogen and oxygen atoms in total. The molecule has 0 saturated heterocycles. The number of nitrogens with two attached hydrogens (primary N) is 1. The average molecular weight is 291 g/mol. The number of halogens is 1. The van der Waals surface area contributed by atoms with E-state index in [2.05, 4.69) is 0 Å². The molecule has 2 rings (SSSR count). The van der Waals surface area contributed by atoms with E-state index in [0.717, 1.165) is 5.56 Å². The first-order chi connectivity index (χ1) is 9.60. The quantitative estimate of drug-likeness (QED) is 0.831. The van der Waals surface area contributed by atoms with Gasteiger partial charge >= 0.3 is 0 Å². The summed E-state index contributed by atoms with van der Waals surface area (Å²) in [5.74, 6) is 0.194. The van der Waals surface area contributed by atoms with Gasteiger partial charge in [-0.3, -0.25) is 0 Å². The molecule has 0 unspecified atom stereocenters. The van der Waals surface area contributed by atoms with Crippen LogP contribution in [0.1, 0.15) is 16.7 Å². The number of aliphatic hydroxyl groups excluding tert-OH is 1. The van der Waals surface area contributed by atoms with Gasteiger partial charge in [-0.1, -0.05) is 24.4 Å². The van der Waals surface area contributed by atoms with Gasteiger partial charge in [-0.15, -0.1) is 0 Å². The highest BCUT2D eigenvalue weighted by Gasteiger charge is 2.06. The van der Waals surface area contributed by atoms with Crippen molar-refractivity contribution in [2.45, 2.75) is 13.2 Å². The van der Waals surface area contributed by atoms with Gasteiger partial charge in [0, 0.05) is 11.1 Å². The van der Waals surface area contributed by atoms with Crippen LogP contribution >= 0.6 is 12.2 Å². The lowest BCUT2D eigenvalue weighted by Crippen LogP contribution is -2.10. The summed E-state index contributed by atoms with van der Waals surface area (Å²) in [6.45, 7) is -0.000339. The Balaban J connectivity index is 2.13. The van der Waals surface area contributed by atoms with Crippen LogP contribution in [0.5, 0.6) is 5.75 Å². The highest BCUT2D eigenvalue weighted by molar-refractivity contribution is 7.80. The number of rotatable bonds is 5. The SMILES string of the molecule is NC(=S)c1ccc(F)c(COc2cccc(CO)c2)c1. The maximum absolute atomic E-state index is 13.7. The summed E-state index contributed by atoms with van der Waals surface area (Å²) in [4.78, 5) is 0.216. The molecule has 0 atom stereocenters. The molecular formula is C15H14FNO2S. The van der Waals surface area contributed by atoms with Gasteiger partial charge < -0.3 is 15.6 Å². The highest BCUT2D eigenvalue weighted by atomic mass is 32.1. The van der Waals surface area contributed by atoms with E-state index in [1.807, 2.05) is 0 Å². The van der Waals surface area contributed by atoms with Crippen LogP contribution in [0, 0.1) is 5.82 Å². The van der Waals surface area contributed by atoms with Crippen LogP contribution in [0.4, 0.5) is 4.39 Å². The molecule has 0 bridgehead atoms. The van der Waals surface area contributed by atoms with Gasteiger partial charge in [0.25, 0.3) is 0 Å². The second-order valence-corrected chi connectivity index (χ2v) is 4.70. The fourth-order valence-electron chi connectivity index (χ4n) is 1.73. The molecular weight excluding hydrogens is 277 g/mol. The Morgan fingerprint density at radius 1 is 1.25 bits per heavy atom. The summed E-state index contributed by atoms with van der Waals surface area (Å²) >= 11 is 4.86. The van der Waals surface area contributed by atoms with Gasteiger partial charge in [0.2, 0.25) is 0 Å². The van der Waals surface area contributed by atoms with E-state index in [4.69, 9.17) is 27.8 Å². The highest BCUT2D eigenvalue weighted by Crippen LogP contribution is 2.17. The minimum atomic E-state index is -0.372. The van der Waals surface area contributed by atoms with Crippen molar-refractivity contribution >= 4 is 17.2 Å². The lowest BCUT2D eigenvalue weighted by molar-refractivity contribution is 0.277. The Bertz CT molecular complexity index is 631. The van der Waals surface area contributed by atoms with Crippen LogP contribution in [-0.2, 0) is 13.2 Å². The summed E-state index contributed by atoms with van der Waals surface area (Å²) in [5.41, 5.74) is 7.23. The van der Waals surface area contributed by atoms with Gasteiger partial charge in [-0.25, -0.2) is 4.39 Å². The minimum absolute atomic E-state index is 0.0666. The molecule has 0 saturated carbocycles. The topological polar surface area (TPSA) is 55.5 Å². The van der Waals surface area contributed by atoms with Gasteiger partial charge in [0.05, 0.1) is 6.61 Å². The minimum Gasteiger partial charge on any atom is -0.489 e. The van der Waals surface area contributed by atoms with Crippen LogP contribution in [0.3, 0.4) is 0 Å². The Hall–Kier alpha value is -1.98. The van der Waals surface area contributed by atoms with E-state index in [1.54, 1.807) is 30.3 Å². The molecule has 2 aromatic rings. The van der Waals surface area contributed by atoms with Crippen LogP contribution in [0.2, 0.25) is 0 Å². The summed E-state index contributed by atoms with van der Waals surface area (Å²) in [6, 6.07) is 11.4. The lowest BCUT2D eigenvalue weighted by Gasteiger charge is -2.09. The zero-order valence-electron chi connectivity index (χ0n) is 10.7. The van der Waals surface area contributed by atoms with Crippen molar-refractivity contribution < 1.29 is 14.2 Å². The number of hydrogen-bond acceptors (Lipinski definition) is 3. The van der Waals surface area contributed by atoms with Crippen LogP contribution < -0.4 is 10.5 Å². The number of hydrogen-bond donors (Lipinski definition) is 2. The lowest BCUT2D eigenvalue weighted by atomic mass is 10.1. The smallest absolute Gasteiger partial charge is 0.129 e. The fraction of sp³-hybridized carbons (Fsp3) is 0.133. The van der Waals surface area contributed by atoms with E-state index >= 15 is 0 Å². The molecule has 0 fully saturated rings. The molecule has 0 aliphatic rings. The monoisotopic (exact) mass is 291 g/mol. The van der Waals surface area contributed by atoms with Crippen molar-refractivity contribution in [3.05, 3.63) is 65.0 Å². The Kier molecular flexibility index (Phi) is 4.65. The predicted molar refractivity (Wildman–Crippen MR) is 79.0 cm³/mol. The molecule has 0 heterocycles. The molecule has 0 aromatic heterocycles. The fourth-order valence-corrected chi connectivity index (χ4v) is 1.86. The molecule has 0 aliphatic heterocycles. The maximum Gasteiger partial charge on any atom is 0.129 e. The van der Waals surface area contributed by atoms with Crippen LogP contribution in [0.25, 0.3) is 0 Å². The third-order valence-corrected chi connectivity index (χ3v) is 3.04. The zero-order valence-corrected chi connectivity index (χ0v) is 11.5. The first-order valence-electron chi connectivity index (χ1n) is 6.01. The molecule has 2 aromatic carbocycles. The first-order valence-corrected chi connectivity index (χ1v) is 6.42. The molecule has 5 heteroatoms. The van der Waals surface area contributed by atoms with Gasteiger partial charge in [0.15, 0.2) is 0 Å². The number of thiocarbonyl (C=S) groups is 1. The van der Waals surface area contributed by atoms with Crippen molar-refractivity contribution in [2.75, 3.05) is 0 Å². The van der Waals surface area contributed by atoms with E-state index in [1.165, 1.54) is 12.1 Å². The summed E-state index contributed by atoms with van der Waals surface area (Å²) in [5, 5.41) is 9.05. The molecule has 0 spiro atoms. The predicted octanol–water partition coefficient (Wildman–Crippen LogP) is 2.53. The number of ether oxygens (including phenoxy) is 1. The maximum atomic E-state index is 13.7. The normalized spacial score (nSPS) is 10.3. The second kappa shape index (κ2) is 6.45. The zero-order chi connectivity index (χ0) is 14.5. The molecule has 104 valence electrons. The standard InChI is InChI=1S/C15H14FNO2S/c16-14-5-4-11(15(17)20)7-12(14)9-19-13-3-1-2-10(6-13)8-18/h1-7,18H,8-9H2,(H2,17,20). The van der Waals surface area contributed by atoms with Crippen molar-refractivity contribution in [1.82, 2.24) is 0 Å². The number of benzene rings is 2. The van der Waals surface area contributed by atoms with E-state index < -0.39 is 0 Å². The Labute approximate surface area is 121 Å². The van der Waals surface area contributed by atoms with Crippen molar-refractivity contribution in [3.63, 3.8) is 0 Å². The van der Waals surface area contributed by atoms with Gasteiger partial charge in [-0.2, -0.15) is 0 Å². The van der Waals surface area contributed by atoms with Crippen molar-refractivity contribution in [3.8, 4) is 5.75 Å². The molecule has 20 heavy (non-hydrogen) atoms. The third kappa shape index (κ3) is 3.53. The third-order valence-electron chi connectivity index (χ3n) is 2.81. The van der Waals surface area contributed by atoms with E-state index in [-0.39, 0.29) is 24.0 Å². The van der Waals surface area contributed by atoms with E-state index in [0.29, 0.717) is 16.9 Å². The van der Waals surface area contributed by atoms with Crippen molar-refractivity contribution in [2.24, 2.45) is 5.73 Å². The largest absolute Gasteiger partial charge is 0.489 e. The second-order valence-electron chi connectivity index (χ2n) is 4.26.